The van der Waals surface area contributed by atoms with Crippen molar-refractivity contribution in [2.24, 2.45) is 5.92 Å². The average molecular weight is 337 g/mol. The Balaban J connectivity index is 1.91. The van der Waals surface area contributed by atoms with Gasteiger partial charge in [0.25, 0.3) is 11.5 Å². The summed E-state index contributed by atoms with van der Waals surface area (Å²) in [6, 6.07) is 0.811. The van der Waals surface area contributed by atoms with Gasteiger partial charge >= 0.3 is 0 Å². The van der Waals surface area contributed by atoms with Crippen LogP contribution in [0.3, 0.4) is 0 Å². The molecule has 0 atom stereocenters. The van der Waals surface area contributed by atoms with E-state index in [0.29, 0.717) is 25.9 Å². The topological polar surface area (TPSA) is 82.3 Å². The highest BCUT2D eigenvalue weighted by Gasteiger charge is 2.27. The number of likely N-dealkylation sites (tertiary alicyclic amines) is 1. The SMILES string of the molecule is CCC(CC)C(=O)N1CCC(NC(=O)c2cc(F)c[nH]c2=O)CC1. The zero-order valence-electron chi connectivity index (χ0n) is 14.1. The first-order valence-corrected chi connectivity index (χ1v) is 8.44. The first-order valence-electron chi connectivity index (χ1n) is 8.44. The fourth-order valence-corrected chi connectivity index (χ4v) is 3.03. The van der Waals surface area contributed by atoms with Crippen LogP contribution < -0.4 is 10.9 Å². The minimum atomic E-state index is -0.662. The number of nitrogens with one attached hydrogen (secondary N) is 2. The number of amides is 2. The van der Waals surface area contributed by atoms with Gasteiger partial charge in [-0.2, -0.15) is 0 Å². The molecule has 0 radical (unpaired) electrons. The minimum Gasteiger partial charge on any atom is -0.349 e. The molecule has 0 spiro atoms. The summed E-state index contributed by atoms with van der Waals surface area (Å²) in [7, 11) is 0. The monoisotopic (exact) mass is 337 g/mol. The Morgan fingerprint density at radius 2 is 1.96 bits per heavy atom. The lowest BCUT2D eigenvalue weighted by Crippen LogP contribution is -2.48. The normalized spacial score (nSPS) is 15.6. The molecule has 1 aromatic rings. The first-order chi connectivity index (χ1) is 11.5. The minimum absolute atomic E-state index is 0.0574. The van der Waals surface area contributed by atoms with Crippen LogP contribution in [0.1, 0.15) is 49.9 Å². The van der Waals surface area contributed by atoms with Crippen molar-refractivity contribution in [3.8, 4) is 0 Å². The highest BCUT2D eigenvalue weighted by molar-refractivity contribution is 5.94. The molecular weight excluding hydrogens is 313 g/mol. The van der Waals surface area contributed by atoms with Crippen LogP contribution in [0.4, 0.5) is 4.39 Å². The number of hydrogen-bond donors (Lipinski definition) is 2. The average Bonchev–Trinajstić information content (AvgIpc) is 2.58. The molecule has 1 fully saturated rings. The van der Waals surface area contributed by atoms with E-state index >= 15 is 0 Å². The molecular formula is C17H24FN3O3. The van der Waals surface area contributed by atoms with Crippen LogP contribution in [0, 0.1) is 11.7 Å². The molecule has 1 aliphatic heterocycles. The predicted molar refractivity (Wildman–Crippen MR) is 88.2 cm³/mol. The summed E-state index contributed by atoms with van der Waals surface area (Å²) >= 11 is 0. The van der Waals surface area contributed by atoms with E-state index in [1.165, 1.54) is 0 Å². The van der Waals surface area contributed by atoms with E-state index in [4.69, 9.17) is 0 Å². The highest BCUT2D eigenvalue weighted by atomic mass is 19.1. The molecule has 7 heteroatoms. The maximum absolute atomic E-state index is 13.2. The van der Waals surface area contributed by atoms with Crippen molar-refractivity contribution in [3.05, 3.63) is 34.0 Å². The predicted octanol–water partition coefficient (Wildman–Crippen LogP) is 1.67. The maximum atomic E-state index is 13.2. The number of nitrogens with zero attached hydrogens (tertiary/aromatic N) is 1. The van der Waals surface area contributed by atoms with Crippen LogP contribution in [-0.2, 0) is 4.79 Å². The van der Waals surface area contributed by atoms with Crippen molar-refractivity contribution in [2.75, 3.05) is 13.1 Å². The van der Waals surface area contributed by atoms with Crippen molar-refractivity contribution >= 4 is 11.8 Å². The lowest BCUT2D eigenvalue weighted by atomic mass is 9.98. The van der Waals surface area contributed by atoms with E-state index in [1.807, 2.05) is 18.7 Å². The number of rotatable bonds is 5. The lowest BCUT2D eigenvalue weighted by molar-refractivity contribution is -0.136. The Hall–Kier alpha value is -2.18. The number of halogens is 1. The molecule has 0 aliphatic carbocycles. The Morgan fingerprint density at radius 1 is 1.33 bits per heavy atom. The van der Waals surface area contributed by atoms with Gasteiger partial charge in [-0.25, -0.2) is 4.39 Å². The quantitative estimate of drug-likeness (QED) is 0.857. The van der Waals surface area contributed by atoms with Gasteiger partial charge < -0.3 is 15.2 Å². The number of piperidine rings is 1. The Labute approximate surface area is 140 Å². The van der Waals surface area contributed by atoms with Crippen LogP contribution in [0.5, 0.6) is 0 Å². The number of carbonyl (C=O) groups is 2. The number of carbonyl (C=O) groups excluding carboxylic acids is 2. The summed E-state index contributed by atoms with van der Waals surface area (Å²) in [6.07, 6.45) is 3.83. The second-order valence-corrected chi connectivity index (χ2v) is 6.15. The van der Waals surface area contributed by atoms with E-state index < -0.39 is 17.3 Å². The van der Waals surface area contributed by atoms with Crippen molar-refractivity contribution in [3.63, 3.8) is 0 Å². The zero-order valence-corrected chi connectivity index (χ0v) is 14.1. The summed E-state index contributed by atoms with van der Waals surface area (Å²) in [5.41, 5.74) is -0.846. The van der Waals surface area contributed by atoms with Gasteiger partial charge in [-0.15, -0.1) is 0 Å². The van der Waals surface area contributed by atoms with Crippen LogP contribution in [0.15, 0.2) is 17.1 Å². The van der Waals surface area contributed by atoms with E-state index in [-0.39, 0.29) is 23.4 Å². The van der Waals surface area contributed by atoms with Gasteiger partial charge in [0.05, 0.1) is 0 Å². The summed E-state index contributed by atoms with van der Waals surface area (Å²) in [4.78, 5) is 40.1. The summed E-state index contributed by atoms with van der Waals surface area (Å²) in [5.74, 6) is -1.01. The molecule has 6 nitrogen and oxygen atoms in total. The molecule has 132 valence electrons. The first kappa shape index (κ1) is 18.2. The van der Waals surface area contributed by atoms with Crippen LogP contribution in [0.25, 0.3) is 0 Å². The Kier molecular flexibility index (Phi) is 6.11. The highest BCUT2D eigenvalue weighted by Crippen LogP contribution is 2.17. The van der Waals surface area contributed by atoms with Crippen molar-refractivity contribution in [1.29, 1.82) is 0 Å². The van der Waals surface area contributed by atoms with Gasteiger partial charge in [-0.3, -0.25) is 14.4 Å². The molecule has 0 bridgehead atoms. The number of aromatic amines is 1. The lowest BCUT2D eigenvalue weighted by Gasteiger charge is -2.34. The molecule has 1 aliphatic rings. The third-order valence-corrected chi connectivity index (χ3v) is 4.59. The Morgan fingerprint density at radius 3 is 2.54 bits per heavy atom. The largest absolute Gasteiger partial charge is 0.349 e. The van der Waals surface area contributed by atoms with Crippen LogP contribution in [0.2, 0.25) is 0 Å². The van der Waals surface area contributed by atoms with E-state index in [2.05, 4.69) is 10.3 Å². The smallest absolute Gasteiger partial charge is 0.260 e. The molecule has 1 aromatic heterocycles. The molecule has 2 rings (SSSR count). The fourth-order valence-electron chi connectivity index (χ4n) is 3.03. The standard InChI is InChI=1S/C17H24FN3O3/c1-3-11(4-2)17(24)21-7-5-13(6-8-21)20-16(23)14-9-12(18)10-19-15(14)22/h9-11,13H,3-8H2,1-2H3,(H,19,22)(H,20,23). The van der Waals surface area contributed by atoms with Crippen LogP contribution in [-0.4, -0.2) is 40.8 Å². The van der Waals surface area contributed by atoms with Gasteiger partial charge in [0.15, 0.2) is 0 Å². The van der Waals surface area contributed by atoms with Crippen LogP contribution >= 0.6 is 0 Å². The molecule has 2 heterocycles. The second kappa shape index (κ2) is 8.08. The van der Waals surface area contributed by atoms with Gasteiger partial charge in [-0.1, -0.05) is 13.8 Å². The number of H-pyrrole nitrogens is 1. The van der Waals surface area contributed by atoms with Gasteiger partial charge in [-0.05, 0) is 31.7 Å². The van der Waals surface area contributed by atoms with Crippen molar-refractivity contribution in [1.82, 2.24) is 15.2 Å². The van der Waals surface area contributed by atoms with Gasteiger partial charge in [0.2, 0.25) is 5.91 Å². The summed E-state index contributed by atoms with van der Waals surface area (Å²) in [5, 5.41) is 2.76. The van der Waals surface area contributed by atoms with E-state index in [1.54, 1.807) is 0 Å². The summed E-state index contributed by atoms with van der Waals surface area (Å²) < 4.78 is 13.2. The summed E-state index contributed by atoms with van der Waals surface area (Å²) in [6.45, 7) is 5.19. The molecule has 2 N–H and O–H groups in total. The van der Waals surface area contributed by atoms with E-state index in [0.717, 1.165) is 25.1 Å². The number of pyridine rings is 1. The van der Waals surface area contributed by atoms with Crippen molar-refractivity contribution in [2.45, 2.75) is 45.6 Å². The third-order valence-electron chi connectivity index (χ3n) is 4.59. The number of hydrogen-bond acceptors (Lipinski definition) is 3. The molecule has 2 amide bonds. The maximum Gasteiger partial charge on any atom is 0.260 e. The molecule has 1 saturated heterocycles. The second-order valence-electron chi connectivity index (χ2n) is 6.15. The van der Waals surface area contributed by atoms with E-state index in [9.17, 15) is 18.8 Å². The van der Waals surface area contributed by atoms with Crippen molar-refractivity contribution < 1.29 is 14.0 Å². The molecule has 0 unspecified atom stereocenters. The molecule has 0 saturated carbocycles. The Bertz CT molecular complexity index is 647. The zero-order chi connectivity index (χ0) is 17.7. The van der Waals surface area contributed by atoms with Gasteiger partial charge in [0.1, 0.15) is 11.4 Å². The number of aromatic nitrogens is 1. The molecule has 24 heavy (non-hydrogen) atoms. The molecule has 0 aromatic carbocycles. The fraction of sp³-hybridized carbons (Fsp3) is 0.588. The third kappa shape index (κ3) is 4.21. The van der Waals surface area contributed by atoms with Gasteiger partial charge in [0, 0.05) is 31.2 Å².